The quantitative estimate of drug-likeness (QED) is 0.285. The SMILES string of the molecule is CC(=O)Nc1ccc(N2C(=O)[C@H]3[C@H](Cc4c[nH]c5ccccc45)N[C@@]4(C(=O)Nc5ccc(Cl)cc54)[C@@H]3C2=O)cc1. The summed E-state index contributed by atoms with van der Waals surface area (Å²) < 4.78 is 0. The van der Waals surface area contributed by atoms with E-state index in [-0.39, 0.29) is 17.7 Å². The minimum absolute atomic E-state index is 0.228. The van der Waals surface area contributed by atoms with E-state index in [0.29, 0.717) is 34.1 Å². The van der Waals surface area contributed by atoms with E-state index in [1.54, 1.807) is 42.5 Å². The second-order valence-corrected chi connectivity index (χ2v) is 10.9. The summed E-state index contributed by atoms with van der Waals surface area (Å²) in [6.07, 6.45) is 2.33. The number of nitrogens with zero attached hydrogens (tertiary/aromatic N) is 1. The highest BCUT2D eigenvalue weighted by atomic mass is 35.5. The van der Waals surface area contributed by atoms with Crippen LogP contribution in [0.15, 0.2) is 72.9 Å². The Morgan fingerprint density at radius 1 is 1.02 bits per heavy atom. The normalized spacial score (nSPS) is 25.0. The van der Waals surface area contributed by atoms with E-state index in [1.807, 2.05) is 30.5 Å². The van der Waals surface area contributed by atoms with Gasteiger partial charge in [0.15, 0.2) is 0 Å². The highest BCUT2D eigenvalue weighted by Crippen LogP contribution is 2.54. The summed E-state index contributed by atoms with van der Waals surface area (Å²) in [5.74, 6) is -3.23. The lowest BCUT2D eigenvalue weighted by atomic mass is 9.76. The Labute approximate surface area is 233 Å². The number of H-pyrrole nitrogens is 1. The number of carbonyl (C=O) groups excluding carboxylic acids is 4. The van der Waals surface area contributed by atoms with Crippen molar-refractivity contribution in [3.8, 4) is 0 Å². The Morgan fingerprint density at radius 2 is 1.80 bits per heavy atom. The number of carbonyl (C=O) groups is 4. The largest absolute Gasteiger partial charge is 0.361 e. The second kappa shape index (κ2) is 8.77. The second-order valence-electron chi connectivity index (χ2n) is 10.5. The van der Waals surface area contributed by atoms with Crippen LogP contribution in [0.25, 0.3) is 10.9 Å². The number of halogens is 1. The molecular weight excluding hydrogens is 530 g/mol. The summed E-state index contributed by atoms with van der Waals surface area (Å²) in [4.78, 5) is 58.0. The van der Waals surface area contributed by atoms with Crippen LogP contribution in [0.1, 0.15) is 18.1 Å². The molecule has 4 heterocycles. The molecule has 4 aromatic rings. The van der Waals surface area contributed by atoms with Crippen molar-refractivity contribution in [2.24, 2.45) is 11.8 Å². The van der Waals surface area contributed by atoms with Crippen molar-refractivity contribution in [2.45, 2.75) is 24.9 Å². The van der Waals surface area contributed by atoms with Gasteiger partial charge in [-0.3, -0.25) is 24.5 Å². The number of aromatic nitrogens is 1. The fourth-order valence-electron chi connectivity index (χ4n) is 6.64. The van der Waals surface area contributed by atoms with E-state index in [0.717, 1.165) is 16.5 Å². The molecule has 200 valence electrons. The molecule has 3 aliphatic heterocycles. The molecule has 4 amide bonds. The maximum atomic E-state index is 14.2. The van der Waals surface area contributed by atoms with Crippen LogP contribution in [0.3, 0.4) is 0 Å². The topological polar surface area (TPSA) is 123 Å². The number of aromatic amines is 1. The molecule has 40 heavy (non-hydrogen) atoms. The van der Waals surface area contributed by atoms with Crippen LogP contribution in [-0.2, 0) is 31.1 Å². The van der Waals surface area contributed by atoms with E-state index in [4.69, 9.17) is 11.6 Å². The fraction of sp³-hybridized carbons (Fsp3) is 0.200. The monoisotopic (exact) mass is 553 g/mol. The predicted octanol–water partition coefficient (Wildman–Crippen LogP) is 3.95. The van der Waals surface area contributed by atoms with Gasteiger partial charge in [0.05, 0.1) is 17.5 Å². The van der Waals surface area contributed by atoms with Crippen LogP contribution in [0.2, 0.25) is 5.02 Å². The maximum absolute atomic E-state index is 14.2. The number of fused-ring (bicyclic) bond motifs is 5. The van der Waals surface area contributed by atoms with E-state index in [9.17, 15) is 19.2 Å². The third kappa shape index (κ3) is 3.44. The summed E-state index contributed by atoms with van der Waals surface area (Å²) in [6.45, 7) is 1.40. The van der Waals surface area contributed by atoms with Gasteiger partial charge in [0.25, 0.3) is 0 Å². The third-order valence-electron chi connectivity index (χ3n) is 8.24. The van der Waals surface area contributed by atoms with Crippen LogP contribution in [0.4, 0.5) is 17.1 Å². The van der Waals surface area contributed by atoms with Gasteiger partial charge in [0.2, 0.25) is 23.6 Å². The average Bonchev–Trinajstić information content (AvgIpc) is 3.64. The Kier molecular flexibility index (Phi) is 5.39. The van der Waals surface area contributed by atoms with Gasteiger partial charge in [-0.25, -0.2) is 4.90 Å². The number of para-hydroxylation sites is 1. The molecule has 10 heteroatoms. The number of amides is 4. The van der Waals surface area contributed by atoms with E-state index < -0.39 is 29.3 Å². The molecule has 2 saturated heterocycles. The number of imide groups is 1. The lowest BCUT2D eigenvalue weighted by molar-refractivity contribution is -0.130. The summed E-state index contributed by atoms with van der Waals surface area (Å²) >= 11 is 6.37. The molecule has 0 saturated carbocycles. The number of benzene rings is 3. The first-order valence-electron chi connectivity index (χ1n) is 13.0. The smallest absolute Gasteiger partial charge is 0.250 e. The summed E-state index contributed by atoms with van der Waals surface area (Å²) in [7, 11) is 0. The van der Waals surface area contributed by atoms with Crippen molar-refractivity contribution in [3.63, 3.8) is 0 Å². The molecule has 2 fully saturated rings. The zero-order valence-electron chi connectivity index (χ0n) is 21.3. The molecule has 1 aromatic heterocycles. The molecule has 3 aromatic carbocycles. The van der Waals surface area contributed by atoms with Crippen LogP contribution in [0, 0.1) is 11.8 Å². The van der Waals surface area contributed by atoms with Crippen molar-refractivity contribution < 1.29 is 19.2 Å². The van der Waals surface area contributed by atoms with Crippen molar-refractivity contribution in [1.82, 2.24) is 10.3 Å². The first-order valence-corrected chi connectivity index (χ1v) is 13.4. The molecule has 1 spiro atoms. The number of hydrogen-bond donors (Lipinski definition) is 4. The van der Waals surface area contributed by atoms with Gasteiger partial charge < -0.3 is 15.6 Å². The van der Waals surface area contributed by atoms with E-state index >= 15 is 0 Å². The molecule has 3 aliphatic rings. The molecule has 7 rings (SSSR count). The molecule has 0 aliphatic carbocycles. The highest BCUT2D eigenvalue weighted by molar-refractivity contribution is 6.31. The Balaban J connectivity index is 1.34. The average molecular weight is 554 g/mol. The number of hydrogen-bond acceptors (Lipinski definition) is 5. The summed E-state index contributed by atoms with van der Waals surface area (Å²) in [5, 5.41) is 10.5. The minimum Gasteiger partial charge on any atom is -0.361 e. The molecule has 0 radical (unpaired) electrons. The van der Waals surface area contributed by atoms with Gasteiger partial charge in [-0.1, -0.05) is 29.8 Å². The van der Waals surface area contributed by atoms with Gasteiger partial charge in [-0.2, -0.15) is 0 Å². The molecule has 4 N–H and O–H groups in total. The molecule has 4 atom stereocenters. The van der Waals surface area contributed by atoms with Crippen molar-refractivity contribution in [2.75, 3.05) is 15.5 Å². The van der Waals surface area contributed by atoms with Gasteiger partial charge >= 0.3 is 0 Å². The van der Waals surface area contributed by atoms with Crippen molar-refractivity contribution >= 4 is 63.2 Å². The third-order valence-corrected chi connectivity index (χ3v) is 8.47. The van der Waals surface area contributed by atoms with E-state index in [2.05, 4.69) is 20.9 Å². The molecule has 0 bridgehead atoms. The zero-order chi connectivity index (χ0) is 27.8. The lowest BCUT2D eigenvalue weighted by Gasteiger charge is -2.29. The standard InChI is InChI=1S/C30H24ClN5O4/c1-15(37)33-18-7-9-19(10-8-18)36-27(38)25-24(12-16-14-32-22-5-3-2-4-20(16)22)35-30(26(25)28(36)39)21-13-17(31)6-11-23(21)34-29(30)40/h2-11,13-14,24-26,32,35H,12H2,1H3,(H,33,37)(H,34,40)/t24-,25-,26-,30+/m0/s1. The van der Waals surface area contributed by atoms with Gasteiger partial charge in [0.1, 0.15) is 5.54 Å². The summed E-state index contributed by atoms with van der Waals surface area (Å²) in [5.41, 5.74) is 2.53. The van der Waals surface area contributed by atoms with Crippen LogP contribution < -0.4 is 20.9 Å². The van der Waals surface area contributed by atoms with Gasteiger partial charge in [0, 0.05) is 52.0 Å². The molecule has 9 nitrogen and oxygen atoms in total. The summed E-state index contributed by atoms with van der Waals surface area (Å²) in [6, 6.07) is 19.0. The number of rotatable bonds is 4. The van der Waals surface area contributed by atoms with Crippen LogP contribution in [-0.4, -0.2) is 34.7 Å². The van der Waals surface area contributed by atoms with E-state index in [1.165, 1.54) is 11.8 Å². The molecule has 0 unspecified atom stereocenters. The zero-order valence-corrected chi connectivity index (χ0v) is 22.1. The van der Waals surface area contributed by atoms with Crippen LogP contribution in [0.5, 0.6) is 0 Å². The highest BCUT2D eigenvalue weighted by Gasteiger charge is 2.70. The Morgan fingerprint density at radius 3 is 2.58 bits per heavy atom. The Bertz CT molecular complexity index is 1750. The van der Waals surface area contributed by atoms with Gasteiger partial charge in [-0.15, -0.1) is 0 Å². The minimum atomic E-state index is -1.46. The Hall–Kier alpha value is -4.47. The number of anilines is 3. The predicted molar refractivity (Wildman–Crippen MR) is 151 cm³/mol. The lowest BCUT2D eigenvalue weighted by Crippen LogP contribution is -2.53. The van der Waals surface area contributed by atoms with Crippen LogP contribution >= 0.6 is 11.6 Å². The number of nitrogens with one attached hydrogen (secondary N) is 4. The van der Waals surface area contributed by atoms with Crippen molar-refractivity contribution in [1.29, 1.82) is 0 Å². The fourth-order valence-corrected chi connectivity index (χ4v) is 6.81. The van der Waals surface area contributed by atoms with Gasteiger partial charge in [-0.05, 0) is 60.5 Å². The first-order chi connectivity index (χ1) is 19.3. The van der Waals surface area contributed by atoms with Crippen molar-refractivity contribution in [3.05, 3.63) is 89.1 Å². The first kappa shape index (κ1) is 24.6. The molecular formula is C30H24ClN5O4. The maximum Gasteiger partial charge on any atom is 0.250 e.